The predicted octanol–water partition coefficient (Wildman–Crippen LogP) is 5.11. The summed E-state index contributed by atoms with van der Waals surface area (Å²) in [6.45, 7) is 0. The minimum absolute atomic E-state index is 0.781. The van der Waals surface area contributed by atoms with Crippen molar-refractivity contribution >= 4 is 34.3 Å². The molecular formula is C15H12ClNS. The average molecular weight is 274 g/mol. The van der Waals surface area contributed by atoms with Crippen LogP contribution >= 0.6 is 23.4 Å². The molecule has 3 rings (SSSR count). The van der Waals surface area contributed by atoms with Crippen molar-refractivity contribution in [3.05, 3.63) is 65.3 Å². The Hall–Kier alpha value is -1.38. The Morgan fingerprint density at radius 3 is 2.67 bits per heavy atom. The molecule has 0 spiro atoms. The molecule has 0 fully saturated rings. The summed E-state index contributed by atoms with van der Waals surface area (Å²) in [7, 11) is 0. The number of rotatable bonds is 3. The molecule has 0 bridgehead atoms. The molecule has 0 saturated carbocycles. The Labute approximate surface area is 115 Å². The third kappa shape index (κ3) is 2.55. The van der Waals surface area contributed by atoms with Gasteiger partial charge in [0.15, 0.2) is 0 Å². The van der Waals surface area contributed by atoms with Crippen LogP contribution in [0.4, 0.5) is 0 Å². The molecule has 1 nitrogen and oxygen atoms in total. The van der Waals surface area contributed by atoms with Crippen molar-refractivity contribution < 1.29 is 0 Å². The zero-order chi connectivity index (χ0) is 12.4. The monoisotopic (exact) mass is 273 g/mol. The van der Waals surface area contributed by atoms with Gasteiger partial charge in [-0.05, 0) is 36.4 Å². The number of halogens is 1. The van der Waals surface area contributed by atoms with Crippen LogP contribution in [-0.2, 0) is 5.75 Å². The van der Waals surface area contributed by atoms with Crippen molar-refractivity contribution in [3.63, 3.8) is 0 Å². The van der Waals surface area contributed by atoms with Crippen molar-refractivity contribution in [1.29, 1.82) is 0 Å². The maximum absolute atomic E-state index is 5.98. The van der Waals surface area contributed by atoms with E-state index < -0.39 is 0 Å². The van der Waals surface area contributed by atoms with Crippen molar-refractivity contribution in [2.45, 2.75) is 10.6 Å². The highest BCUT2D eigenvalue weighted by Gasteiger charge is 2.02. The van der Waals surface area contributed by atoms with Crippen LogP contribution in [0.2, 0.25) is 5.02 Å². The molecule has 0 unspecified atom stereocenters. The van der Waals surface area contributed by atoms with Crippen molar-refractivity contribution in [2.24, 2.45) is 0 Å². The van der Waals surface area contributed by atoms with E-state index in [-0.39, 0.29) is 0 Å². The molecule has 3 heteroatoms. The molecule has 1 aromatic heterocycles. The molecular weight excluding hydrogens is 262 g/mol. The van der Waals surface area contributed by atoms with Gasteiger partial charge in [0.1, 0.15) is 0 Å². The lowest BCUT2D eigenvalue weighted by Gasteiger charge is -1.98. The van der Waals surface area contributed by atoms with Gasteiger partial charge in [0.2, 0.25) is 0 Å². The summed E-state index contributed by atoms with van der Waals surface area (Å²) in [5.74, 6) is 0.941. The molecule has 0 radical (unpaired) electrons. The van der Waals surface area contributed by atoms with Crippen LogP contribution < -0.4 is 0 Å². The number of thioether (sulfide) groups is 1. The fourth-order valence-corrected chi connectivity index (χ4v) is 2.93. The van der Waals surface area contributed by atoms with E-state index in [1.54, 1.807) is 0 Å². The number of nitrogens with one attached hydrogen (secondary N) is 1. The second kappa shape index (κ2) is 5.09. The smallest absolute Gasteiger partial charge is 0.0457 e. The van der Waals surface area contributed by atoms with Crippen LogP contribution in [0, 0.1) is 0 Å². The zero-order valence-electron chi connectivity index (χ0n) is 9.69. The molecule has 1 N–H and O–H groups in total. The highest BCUT2D eigenvalue weighted by Crippen LogP contribution is 2.25. The normalized spacial score (nSPS) is 10.9. The fraction of sp³-hybridized carbons (Fsp3) is 0.0667. The van der Waals surface area contributed by atoms with E-state index in [9.17, 15) is 0 Å². The van der Waals surface area contributed by atoms with Gasteiger partial charge in [-0.15, -0.1) is 11.8 Å². The van der Waals surface area contributed by atoms with Crippen molar-refractivity contribution in [2.75, 3.05) is 0 Å². The fourth-order valence-electron chi connectivity index (χ4n) is 1.92. The van der Waals surface area contributed by atoms with Crippen LogP contribution in [0.5, 0.6) is 0 Å². The molecule has 0 amide bonds. The largest absolute Gasteiger partial charge is 0.358 e. The minimum atomic E-state index is 0.781. The molecule has 0 atom stereocenters. The highest BCUT2D eigenvalue weighted by atomic mass is 35.5. The second-order valence-corrected chi connectivity index (χ2v) is 5.61. The average Bonchev–Trinajstić information content (AvgIpc) is 2.79. The number of benzene rings is 2. The quantitative estimate of drug-likeness (QED) is 0.656. The standard InChI is InChI=1S/C15H12ClNS/c16-12-6-7-15-11(8-12)9-13(17-15)10-18-14-4-2-1-3-5-14/h1-9,17H,10H2. The molecule has 2 aromatic carbocycles. The molecule has 0 aliphatic carbocycles. The molecule has 90 valence electrons. The summed E-state index contributed by atoms with van der Waals surface area (Å²) >= 11 is 7.81. The van der Waals surface area contributed by atoms with Gasteiger partial charge in [-0.2, -0.15) is 0 Å². The lowest BCUT2D eigenvalue weighted by atomic mass is 10.2. The first-order valence-electron chi connectivity index (χ1n) is 5.76. The summed E-state index contributed by atoms with van der Waals surface area (Å²) in [6.07, 6.45) is 0. The van der Waals surface area contributed by atoms with Crippen LogP contribution in [0.1, 0.15) is 5.69 Å². The van der Waals surface area contributed by atoms with Gasteiger partial charge < -0.3 is 4.98 Å². The Bertz CT molecular complexity index is 661. The second-order valence-electron chi connectivity index (χ2n) is 4.13. The number of H-pyrrole nitrogens is 1. The summed E-state index contributed by atoms with van der Waals surface area (Å²) in [6, 6.07) is 18.5. The molecule has 3 aromatic rings. The van der Waals surface area contributed by atoms with Crippen molar-refractivity contribution in [1.82, 2.24) is 4.98 Å². The predicted molar refractivity (Wildman–Crippen MR) is 79.3 cm³/mol. The Morgan fingerprint density at radius 1 is 1.00 bits per heavy atom. The Kier molecular flexibility index (Phi) is 3.31. The van der Waals surface area contributed by atoms with Gasteiger partial charge in [0.25, 0.3) is 0 Å². The topological polar surface area (TPSA) is 15.8 Å². The SMILES string of the molecule is Clc1ccc2[nH]c(CSc3ccccc3)cc2c1. The Balaban J connectivity index is 1.79. The first-order valence-corrected chi connectivity index (χ1v) is 7.12. The van der Waals surface area contributed by atoms with Gasteiger partial charge in [0, 0.05) is 32.3 Å². The van der Waals surface area contributed by atoms with Gasteiger partial charge in [-0.1, -0.05) is 29.8 Å². The van der Waals surface area contributed by atoms with E-state index >= 15 is 0 Å². The Morgan fingerprint density at radius 2 is 1.83 bits per heavy atom. The number of aromatic nitrogens is 1. The number of aromatic amines is 1. The summed E-state index contributed by atoms with van der Waals surface area (Å²) in [5, 5.41) is 1.95. The van der Waals surface area contributed by atoms with Crippen LogP contribution in [0.25, 0.3) is 10.9 Å². The molecule has 1 heterocycles. The highest BCUT2D eigenvalue weighted by molar-refractivity contribution is 7.98. The van der Waals surface area contributed by atoms with E-state index in [4.69, 9.17) is 11.6 Å². The van der Waals surface area contributed by atoms with E-state index in [2.05, 4.69) is 35.3 Å². The van der Waals surface area contributed by atoms with Crippen LogP contribution in [0.15, 0.2) is 59.5 Å². The van der Waals surface area contributed by atoms with E-state index in [1.807, 2.05) is 36.0 Å². The summed E-state index contributed by atoms with van der Waals surface area (Å²) in [5.41, 5.74) is 2.36. The maximum Gasteiger partial charge on any atom is 0.0457 e. The summed E-state index contributed by atoms with van der Waals surface area (Å²) in [4.78, 5) is 4.70. The van der Waals surface area contributed by atoms with Gasteiger partial charge in [-0.3, -0.25) is 0 Å². The zero-order valence-corrected chi connectivity index (χ0v) is 11.3. The van der Waals surface area contributed by atoms with Gasteiger partial charge in [-0.25, -0.2) is 0 Å². The van der Waals surface area contributed by atoms with Crippen LogP contribution in [-0.4, -0.2) is 4.98 Å². The number of fused-ring (bicyclic) bond motifs is 1. The van der Waals surface area contributed by atoms with E-state index in [0.29, 0.717) is 0 Å². The van der Waals surface area contributed by atoms with E-state index in [0.717, 1.165) is 16.3 Å². The third-order valence-electron chi connectivity index (χ3n) is 2.78. The van der Waals surface area contributed by atoms with Crippen LogP contribution in [0.3, 0.4) is 0 Å². The van der Waals surface area contributed by atoms with Gasteiger partial charge in [0.05, 0.1) is 0 Å². The first kappa shape index (κ1) is 11.7. The third-order valence-corrected chi connectivity index (χ3v) is 4.07. The lowest BCUT2D eigenvalue weighted by molar-refractivity contribution is 1.26. The summed E-state index contributed by atoms with van der Waals surface area (Å²) < 4.78 is 0. The maximum atomic E-state index is 5.98. The van der Waals surface area contributed by atoms with Gasteiger partial charge >= 0.3 is 0 Å². The van der Waals surface area contributed by atoms with E-state index in [1.165, 1.54) is 16.0 Å². The minimum Gasteiger partial charge on any atom is -0.358 e. The molecule has 0 aliphatic rings. The molecule has 0 aliphatic heterocycles. The molecule has 0 saturated heterocycles. The number of hydrogen-bond donors (Lipinski definition) is 1. The first-order chi connectivity index (χ1) is 8.81. The number of hydrogen-bond acceptors (Lipinski definition) is 1. The molecule has 18 heavy (non-hydrogen) atoms. The van der Waals surface area contributed by atoms with Crippen molar-refractivity contribution in [3.8, 4) is 0 Å². The lowest BCUT2D eigenvalue weighted by Crippen LogP contribution is -1.79.